The van der Waals surface area contributed by atoms with Crippen molar-refractivity contribution in [2.24, 2.45) is 0 Å². The fraction of sp³-hybridized carbons (Fsp3) is 0.857. The zero-order valence-electron chi connectivity index (χ0n) is 6.25. The van der Waals surface area contributed by atoms with Gasteiger partial charge in [0.05, 0.1) is 0 Å². The molecule has 3 nitrogen and oxygen atoms in total. The van der Waals surface area contributed by atoms with Crippen molar-refractivity contribution in [3.63, 3.8) is 0 Å². The predicted octanol–water partition coefficient (Wildman–Crippen LogP) is 0.719. The molecule has 64 valence electrons. The van der Waals surface area contributed by atoms with Crippen LogP contribution in [0.2, 0.25) is 0 Å². The quantitative estimate of drug-likeness (QED) is 0.618. The topological polar surface area (TPSA) is 57.5 Å². The first-order valence-electron chi connectivity index (χ1n) is 3.69. The van der Waals surface area contributed by atoms with Crippen LogP contribution in [0.15, 0.2) is 0 Å². The van der Waals surface area contributed by atoms with Gasteiger partial charge in [0.2, 0.25) is 0 Å². The summed E-state index contributed by atoms with van der Waals surface area (Å²) in [7, 11) is 0. The van der Waals surface area contributed by atoms with E-state index in [2.05, 4.69) is 0 Å². The fourth-order valence-electron chi connectivity index (χ4n) is 1.15. The van der Waals surface area contributed by atoms with Gasteiger partial charge in [-0.05, 0) is 30.8 Å². The summed E-state index contributed by atoms with van der Waals surface area (Å²) in [6.07, 6.45) is 1.58. The van der Waals surface area contributed by atoms with Crippen LogP contribution in [0.5, 0.6) is 0 Å². The minimum Gasteiger partial charge on any atom is -0.479 e. The van der Waals surface area contributed by atoms with Crippen molar-refractivity contribution < 1.29 is 15.0 Å². The molecule has 1 aliphatic heterocycles. The Morgan fingerprint density at radius 2 is 2.09 bits per heavy atom. The molecule has 0 amide bonds. The standard InChI is InChI=1S/C7H12O3S/c8-6(9)7(10)2-1-4-11-5-3-7/h10H,1-5H2,(H,8,9). The van der Waals surface area contributed by atoms with Gasteiger partial charge in [0.15, 0.2) is 5.60 Å². The van der Waals surface area contributed by atoms with Crippen LogP contribution in [0.1, 0.15) is 19.3 Å². The normalized spacial score (nSPS) is 32.8. The van der Waals surface area contributed by atoms with E-state index in [4.69, 9.17) is 5.11 Å². The number of carbonyl (C=O) groups is 1. The summed E-state index contributed by atoms with van der Waals surface area (Å²) < 4.78 is 0. The van der Waals surface area contributed by atoms with Crippen LogP contribution in [-0.2, 0) is 4.79 Å². The Hall–Kier alpha value is -0.220. The second-order valence-corrected chi connectivity index (χ2v) is 4.03. The third-order valence-corrected chi connectivity index (χ3v) is 3.01. The van der Waals surface area contributed by atoms with E-state index in [1.54, 1.807) is 11.8 Å². The Labute approximate surface area is 69.8 Å². The third-order valence-electron chi connectivity index (χ3n) is 1.94. The van der Waals surface area contributed by atoms with E-state index in [0.717, 1.165) is 17.9 Å². The molecular weight excluding hydrogens is 164 g/mol. The largest absolute Gasteiger partial charge is 0.479 e. The van der Waals surface area contributed by atoms with E-state index >= 15 is 0 Å². The minimum absolute atomic E-state index is 0.382. The van der Waals surface area contributed by atoms with Crippen LogP contribution < -0.4 is 0 Å². The molecule has 1 atom stereocenters. The van der Waals surface area contributed by atoms with Gasteiger partial charge >= 0.3 is 5.97 Å². The van der Waals surface area contributed by atoms with E-state index < -0.39 is 11.6 Å². The third kappa shape index (κ3) is 2.10. The molecule has 0 aromatic heterocycles. The van der Waals surface area contributed by atoms with Gasteiger partial charge in [0.25, 0.3) is 0 Å². The molecule has 1 heterocycles. The first-order valence-corrected chi connectivity index (χ1v) is 4.84. The summed E-state index contributed by atoms with van der Waals surface area (Å²) in [6, 6.07) is 0. The van der Waals surface area contributed by atoms with Crippen molar-refractivity contribution in [3.05, 3.63) is 0 Å². The number of thioether (sulfide) groups is 1. The van der Waals surface area contributed by atoms with Crippen molar-refractivity contribution in [1.82, 2.24) is 0 Å². The maximum Gasteiger partial charge on any atom is 0.335 e. The molecule has 0 radical (unpaired) electrons. The van der Waals surface area contributed by atoms with E-state index in [9.17, 15) is 9.90 Å². The highest BCUT2D eigenvalue weighted by atomic mass is 32.2. The van der Waals surface area contributed by atoms with Crippen LogP contribution in [0, 0.1) is 0 Å². The lowest BCUT2D eigenvalue weighted by atomic mass is 9.95. The molecule has 0 aromatic rings. The van der Waals surface area contributed by atoms with Crippen molar-refractivity contribution in [1.29, 1.82) is 0 Å². The second kappa shape index (κ2) is 3.45. The maximum absolute atomic E-state index is 10.6. The number of rotatable bonds is 1. The molecule has 0 saturated carbocycles. The monoisotopic (exact) mass is 176 g/mol. The summed E-state index contributed by atoms with van der Waals surface area (Å²) in [4.78, 5) is 10.6. The number of carboxylic acid groups (broad SMARTS) is 1. The highest BCUT2D eigenvalue weighted by Gasteiger charge is 2.35. The van der Waals surface area contributed by atoms with Crippen LogP contribution in [0.25, 0.3) is 0 Å². The van der Waals surface area contributed by atoms with Gasteiger partial charge < -0.3 is 10.2 Å². The van der Waals surface area contributed by atoms with Gasteiger partial charge in [-0.3, -0.25) is 0 Å². The molecule has 0 aliphatic carbocycles. The zero-order valence-corrected chi connectivity index (χ0v) is 7.06. The zero-order chi connectivity index (χ0) is 8.32. The summed E-state index contributed by atoms with van der Waals surface area (Å²) >= 11 is 1.71. The molecule has 4 heteroatoms. The molecule has 1 rings (SSSR count). The van der Waals surface area contributed by atoms with Gasteiger partial charge in [-0.15, -0.1) is 0 Å². The predicted molar refractivity (Wildman–Crippen MR) is 43.8 cm³/mol. The van der Waals surface area contributed by atoms with Gasteiger partial charge in [0.1, 0.15) is 0 Å². The summed E-state index contributed by atoms with van der Waals surface area (Å²) in [5, 5.41) is 18.2. The lowest BCUT2D eigenvalue weighted by molar-refractivity contribution is -0.159. The summed E-state index contributed by atoms with van der Waals surface area (Å²) in [5.74, 6) is 0.651. The lowest BCUT2D eigenvalue weighted by Crippen LogP contribution is -2.38. The average molecular weight is 176 g/mol. The van der Waals surface area contributed by atoms with Gasteiger partial charge in [-0.1, -0.05) is 0 Å². The van der Waals surface area contributed by atoms with Crippen molar-refractivity contribution in [2.45, 2.75) is 24.9 Å². The molecule has 0 aromatic carbocycles. The molecule has 1 unspecified atom stereocenters. The average Bonchev–Trinajstić information content (AvgIpc) is 2.15. The van der Waals surface area contributed by atoms with Crippen LogP contribution >= 0.6 is 11.8 Å². The van der Waals surface area contributed by atoms with Crippen LogP contribution in [0.4, 0.5) is 0 Å². The van der Waals surface area contributed by atoms with E-state index in [1.807, 2.05) is 0 Å². The molecule has 0 bridgehead atoms. The fourth-order valence-corrected chi connectivity index (χ4v) is 2.18. The molecule has 11 heavy (non-hydrogen) atoms. The smallest absolute Gasteiger partial charge is 0.335 e. The van der Waals surface area contributed by atoms with Gasteiger partial charge in [-0.2, -0.15) is 11.8 Å². The van der Waals surface area contributed by atoms with E-state index in [1.165, 1.54) is 0 Å². The summed E-state index contributed by atoms with van der Waals surface area (Å²) in [6.45, 7) is 0. The molecular formula is C7H12O3S. The molecule has 2 N–H and O–H groups in total. The van der Waals surface area contributed by atoms with Crippen molar-refractivity contribution >= 4 is 17.7 Å². The highest BCUT2D eigenvalue weighted by molar-refractivity contribution is 7.99. The lowest BCUT2D eigenvalue weighted by Gasteiger charge is -2.19. The SMILES string of the molecule is O=C(O)C1(O)CCCSCC1. The Morgan fingerprint density at radius 1 is 1.36 bits per heavy atom. The first-order chi connectivity index (χ1) is 5.15. The minimum atomic E-state index is -1.44. The van der Waals surface area contributed by atoms with Crippen LogP contribution in [-0.4, -0.2) is 33.3 Å². The number of carboxylic acids is 1. The Morgan fingerprint density at radius 3 is 2.73 bits per heavy atom. The van der Waals surface area contributed by atoms with E-state index in [0.29, 0.717) is 12.8 Å². The van der Waals surface area contributed by atoms with Crippen LogP contribution in [0.3, 0.4) is 0 Å². The Bertz CT molecular complexity index is 150. The number of aliphatic hydroxyl groups is 1. The van der Waals surface area contributed by atoms with Gasteiger partial charge in [0, 0.05) is 0 Å². The number of hydrogen-bond acceptors (Lipinski definition) is 3. The Kier molecular flexibility index (Phi) is 2.78. The Balaban J connectivity index is 2.59. The second-order valence-electron chi connectivity index (χ2n) is 2.80. The molecule has 1 fully saturated rings. The molecule has 0 spiro atoms. The summed E-state index contributed by atoms with van der Waals surface area (Å²) in [5.41, 5.74) is -1.44. The van der Waals surface area contributed by atoms with Gasteiger partial charge in [-0.25, -0.2) is 4.79 Å². The number of aliphatic carboxylic acids is 1. The van der Waals surface area contributed by atoms with Crippen molar-refractivity contribution in [3.8, 4) is 0 Å². The molecule has 1 aliphatic rings. The molecule has 1 saturated heterocycles. The maximum atomic E-state index is 10.6. The van der Waals surface area contributed by atoms with Crippen molar-refractivity contribution in [2.75, 3.05) is 11.5 Å². The highest BCUT2D eigenvalue weighted by Crippen LogP contribution is 2.25. The van der Waals surface area contributed by atoms with E-state index in [-0.39, 0.29) is 0 Å². The first kappa shape index (κ1) is 8.87. The number of hydrogen-bond donors (Lipinski definition) is 2.